The molecule has 0 unspecified atom stereocenters. The number of nitrogens with zero attached hydrogens (tertiary/aromatic N) is 1. The highest BCUT2D eigenvalue weighted by molar-refractivity contribution is 8.22. The molecule has 0 saturated carbocycles. The first-order valence-electron chi connectivity index (χ1n) is 9.70. The van der Waals surface area contributed by atoms with Crippen molar-refractivity contribution in [2.45, 2.75) is 39.3 Å². The Kier molecular flexibility index (Phi) is 6.71. The van der Waals surface area contributed by atoms with Crippen LogP contribution in [0, 0.1) is 30.9 Å². The van der Waals surface area contributed by atoms with Crippen molar-refractivity contribution in [3.63, 3.8) is 0 Å². The Labute approximate surface area is 177 Å². The molecule has 2 aromatic carbocycles. The summed E-state index contributed by atoms with van der Waals surface area (Å²) in [6.45, 7) is 5.83. The topological polar surface area (TPSA) is 56.3 Å². The zero-order chi connectivity index (χ0) is 21.0. The predicted molar refractivity (Wildman–Crippen MR) is 123 cm³/mol. The molecule has 0 N–H and O–H groups in total. The van der Waals surface area contributed by atoms with E-state index in [1.54, 1.807) is 0 Å². The van der Waals surface area contributed by atoms with E-state index in [1.165, 1.54) is 0 Å². The van der Waals surface area contributed by atoms with Crippen LogP contribution < -0.4 is 10.6 Å². The van der Waals surface area contributed by atoms with Gasteiger partial charge in [-0.05, 0) is 49.9 Å². The normalized spacial score (nSPS) is 12.7. The summed E-state index contributed by atoms with van der Waals surface area (Å²) in [5, 5.41) is 13.7. The summed E-state index contributed by atoms with van der Waals surface area (Å²) < 4.78 is 5.70. The van der Waals surface area contributed by atoms with E-state index in [9.17, 15) is 10.1 Å². The van der Waals surface area contributed by atoms with Crippen LogP contribution in [0.4, 0.5) is 0 Å². The average molecular weight is 428 g/mol. The van der Waals surface area contributed by atoms with E-state index in [4.69, 9.17) is 16.2 Å². The van der Waals surface area contributed by atoms with Gasteiger partial charge < -0.3 is 4.42 Å². The third-order valence-corrected chi connectivity index (χ3v) is 11.0. The Morgan fingerprint density at radius 1 is 0.931 bits per heavy atom. The molecule has 3 aromatic rings. The Hall–Kier alpha value is -2.23. The monoisotopic (exact) mass is 427 g/mol. The van der Waals surface area contributed by atoms with Crippen molar-refractivity contribution < 1.29 is 9.34 Å². The highest BCUT2D eigenvalue weighted by Crippen LogP contribution is 2.51. The van der Waals surface area contributed by atoms with Crippen LogP contribution in [0.2, 0.25) is 0 Å². The van der Waals surface area contributed by atoms with Crippen LogP contribution in [-0.4, -0.2) is 17.1 Å². The van der Waals surface area contributed by atoms with Gasteiger partial charge in [0.2, 0.25) is 6.54 Å². The molecule has 0 amide bonds. The average Bonchev–Trinajstić information content (AvgIpc) is 3.10. The molecule has 6 heteroatoms. The quantitative estimate of drug-likeness (QED) is 0.291. The molecule has 3 rings (SSSR count). The second kappa shape index (κ2) is 9.06. The summed E-state index contributed by atoms with van der Waals surface area (Å²) >= 11 is 6.36. The van der Waals surface area contributed by atoms with Crippen molar-refractivity contribution in [2.75, 3.05) is 6.54 Å². The number of hydrogen-bond acceptors (Lipinski definition) is 4. The number of hydrogen-bond donors (Lipinski definition) is 0. The number of furan rings is 1. The zero-order valence-corrected chi connectivity index (χ0v) is 18.7. The molecule has 0 aliphatic carbocycles. The van der Waals surface area contributed by atoms with Crippen molar-refractivity contribution in [3.8, 4) is 0 Å². The second-order valence-electron chi connectivity index (χ2n) is 7.55. The fraction of sp³-hybridized carbons (Fsp3) is 0.304. The minimum absolute atomic E-state index is 0.140. The first-order chi connectivity index (χ1) is 13.8. The second-order valence-corrected chi connectivity index (χ2v) is 12.4. The van der Waals surface area contributed by atoms with Crippen LogP contribution in [0.1, 0.15) is 29.1 Å². The van der Waals surface area contributed by atoms with Crippen LogP contribution in [0.5, 0.6) is 0 Å². The van der Waals surface area contributed by atoms with Crippen molar-refractivity contribution in [1.29, 1.82) is 0 Å². The fourth-order valence-corrected chi connectivity index (χ4v) is 8.02. The van der Waals surface area contributed by atoms with Gasteiger partial charge in [0.25, 0.3) is 0 Å². The maximum atomic E-state index is 11.6. The smallest absolute Gasteiger partial charge is 0.211 e. The Morgan fingerprint density at radius 2 is 1.45 bits per heavy atom. The predicted octanol–water partition coefficient (Wildman–Crippen LogP) is 4.91. The Morgan fingerprint density at radius 3 is 1.86 bits per heavy atom. The van der Waals surface area contributed by atoms with E-state index in [0.717, 1.165) is 33.3 Å². The molecular weight excluding hydrogens is 401 g/mol. The van der Waals surface area contributed by atoms with Gasteiger partial charge in [0.15, 0.2) is 0 Å². The lowest BCUT2D eigenvalue weighted by atomic mass is 10.2. The van der Waals surface area contributed by atoms with Gasteiger partial charge in [0.1, 0.15) is 11.5 Å². The largest absolute Gasteiger partial charge is 0.466 e. The molecule has 0 saturated heterocycles. The van der Waals surface area contributed by atoms with Gasteiger partial charge in [-0.1, -0.05) is 71.5 Å². The number of benzene rings is 2. The summed E-state index contributed by atoms with van der Waals surface area (Å²) in [5.74, 6) is 1.70. The minimum atomic E-state index is -2.41. The van der Waals surface area contributed by atoms with E-state index in [2.05, 4.69) is 24.3 Å². The van der Waals surface area contributed by atoms with Crippen LogP contribution in [0.15, 0.2) is 65.1 Å². The summed E-state index contributed by atoms with van der Waals surface area (Å²) in [6, 6.07) is 17.9. The SMILES string of the molecule is Cc1ccc(P(=S)(c2ccc(C)cc2)[C@H](CCc2ccc(C)o2)C[N+](=O)[O-])cc1. The van der Waals surface area contributed by atoms with E-state index in [-0.39, 0.29) is 17.1 Å². The molecule has 152 valence electrons. The molecule has 4 nitrogen and oxygen atoms in total. The Balaban J connectivity index is 2.06. The highest BCUT2D eigenvalue weighted by atomic mass is 32.4. The molecule has 0 aliphatic heterocycles. The molecule has 0 bridgehead atoms. The first kappa shape index (κ1) is 21.5. The standard InChI is InChI=1S/C23H26NO3PS/c1-17-4-11-21(12-5-17)28(29,22-13-6-18(2)7-14-22)23(16-24(25)26)15-10-20-9-8-19(3)27-20/h4-9,11-14,23H,10,15-16H2,1-3H3/t23-/m1/s1. The van der Waals surface area contributed by atoms with E-state index in [0.29, 0.717) is 12.8 Å². The summed E-state index contributed by atoms with van der Waals surface area (Å²) in [6.07, 6.45) is 1.26. The maximum Gasteiger partial charge on any atom is 0.211 e. The van der Waals surface area contributed by atoms with E-state index in [1.807, 2.05) is 57.2 Å². The van der Waals surface area contributed by atoms with Crippen LogP contribution in [0.25, 0.3) is 0 Å². The highest BCUT2D eigenvalue weighted by Gasteiger charge is 2.35. The first-order valence-corrected chi connectivity index (χ1v) is 12.6. The van der Waals surface area contributed by atoms with Gasteiger partial charge in [0, 0.05) is 17.4 Å². The summed E-state index contributed by atoms with van der Waals surface area (Å²) in [4.78, 5) is 11.4. The van der Waals surface area contributed by atoms with Crippen LogP contribution in [0.3, 0.4) is 0 Å². The van der Waals surface area contributed by atoms with E-state index >= 15 is 0 Å². The number of nitro groups is 1. The molecule has 1 aromatic heterocycles. The molecule has 29 heavy (non-hydrogen) atoms. The van der Waals surface area contributed by atoms with Crippen molar-refractivity contribution >= 4 is 28.5 Å². The van der Waals surface area contributed by atoms with Crippen molar-refractivity contribution in [2.24, 2.45) is 0 Å². The van der Waals surface area contributed by atoms with Crippen LogP contribution >= 0.6 is 6.04 Å². The van der Waals surface area contributed by atoms with Gasteiger partial charge in [-0.15, -0.1) is 0 Å². The third kappa shape index (κ3) is 5.04. The van der Waals surface area contributed by atoms with Gasteiger partial charge in [-0.3, -0.25) is 10.1 Å². The molecule has 0 spiro atoms. The molecule has 1 atom stereocenters. The number of rotatable bonds is 8. The van der Waals surface area contributed by atoms with Gasteiger partial charge in [-0.2, -0.15) is 0 Å². The fourth-order valence-electron chi connectivity index (χ4n) is 3.59. The third-order valence-electron chi connectivity index (χ3n) is 5.23. The minimum Gasteiger partial charge on any atom is -0.466 e. The van der Waals surface area contributed by atoms with Gasteiger partial charge >= 0.3 is 0 Å². The zero-order valence-electron chi connectivity index (χ0n) is 17.0. The van der Waals surface area contributed by atoms with Gasteiger partial charge in [-0.25, -0.2) is 0 Å². The molecule has 0 aliphatic rings. The molecular formula is C23H26NO3PS. The molecule has 0 radical (unpaired) electrons. The van der Waals surface area contributed by atoms with E-state index < -0.39 is 6.04 Å². The maximum absolute atomic E-state index is 11.6. The molecule has 0 fully saturated rings. The lowest BCUT2D eigenvalue weighted by molar-refractivity contribution is -0.479. The Bertz CT molecular complexity index is 976. The lowest BCUT2D eigenvalue weighted by Gasteiger charge is -2.30. The van der Waals surface area contributed by atoms with Crippen molar-refractivity contribution in [3.05, 3.63) is 93.4 Å². The summed E-state index contributed by atoms with van der Waals surface area (Å²) in [5.41, 5.74) is 2.05. The number of aryl methyl sites for hydroxylation is 4. The summed E-state index contributed by atoms with van der Waals surface area (Å²) in [7, 11) is 0. The molecule has 1 heterocycles. The van der Waals surface area contributed by atoms with Crippen molar-refractivity contribution in [1.82, 2.24) is 0 Å². The van der Waals surface area contributed by atoms with Gasteiger partial charge in [0.05, 0.1) is 5.66 Å². The lowest BCUT2D eigenvalue weighted by Crippen LogP contribution is -2.31. The van der Waals surface area contributed by atoms with Crippen LogP contribution in [-0.2, 0) is 18.2 Å².